The van der Waals surface area contributed by atoms with Gasteiger partial charge < -0.3 is 14.3 Å². The molecule has 5 heteroatoms. The highest BCUT2D eigenvalue weighted by Crippen LogP contribution is 2.41. The Kier molecular flexibility index (Phi) is 7.37. The summed E-state index contributed by atoms with van der Waals surface area (Å²) in [6.07, 6.45) is -0.603. The smallest absolute Gasteiger partial charge is 0.135 e. The summed E-state index contributed by atoms with van der Waals surface area (Å²) in [6.45, 7) is 0. The molecule has 1 aliphatic heterocycles. The summed E-state index contributed by atoms with van der Waals surface area (Å²) in [4.78, 5) is 5.56. The first kappa shape index (κ1) is 32.7. The van der Waals surface area contributed by atoms with Crippen LogP contribution in [0.5, 0.6) is 0 Å². The summed E-state index contributed by atoms with van der Waals surface area (Å²) >= 11 is 0. The van der Waals surface area contributed by atoms with Crippen molar-refractivity contribution in [1.29, 1.82) is 0 Å². The molecule has 0 fully saturated rings. The van der Waals surface area contributed by atoms with Crippen LogP contribution in [0.3, 0.4) is 0 Å². The van der Waals surface area contributed by atoms with Crippen LogP contribution < -0.4 is 10.6 Å². The van der Waals surface area contributed by atoms with Crippen LogP contribution in [0.1, 0.15) is 29.0 Å². The van der Waals surface area contributed by atoms with Gasteiger partial charge in [0.15, 0.2) is 0 Å². The van der Waals surface area contributed by atoms with Crippen LogP contribution in [-0.4, -0.2) is 10.4 Å². The summed E-state index contributed by atoms with van der Waals surface area (Å²) in [5, 5.41) is 17.2. The zero-order valence-electron chi connectivity index (χ0n) is 31.4. The third kappa shape index (κ3) is 5.25. The van der Waals surface area contributed by atoms with E-state index < -0.39 is 0 Å². The molecule has 0 bridgehead atoms. The first-order valence-corrected chi connectivity index (χ1v) is 19.8. The predicted octanol–water partition coefficient (Wildman–Crippen LogP) is 13.0. The minimum Gasteiger partial charge on any atom is -0.456 e. The second-order valence-corrected chi connectivity index (χ2v) is 15.2. The predicted molar refractivity (Wildman–Crippen MR) is 240 cm³/mol. The zero-order chi connectivity index (χ0) is 38.2. The largest absolute Gasteiger partial charge is 0.456 e. The third-order valence-electron chi connectivity index (χ3n) is 11.8. The van der Waals surface area contributed by atoms with E-state index in [4.69, 9.17) is 9.41 Å². The molecule has 0 saturated heterocycles. The van der Waals surface area contributed by atoms with Gasteiger partial charge in [-0.2, -0.15) is 0 Å². The lowest BCUT2D eigenvalue weighted by molar-refractivity contribution is 0.413. The first-order valence-electron chi connectivity index (χ1n) is 19.8. The van der Waals surface area contributed by atoms with Gasteiger partial charge in [0.25, 0.3) is 0 Å². The van der Waals surface area contributed by atoms with Gasteiger partial charge in [-0.05, 0) is 92.8 Å². The Hall–Kier alpha value is -7.47. The van der Waals surface area contributed by atoms with Crippen LogP contribution >= 0.6 is 0 Å². The van der Waals surface area contributed by atoms with Crippen molar-refractivity contribution in [2.24, 2.45) is 4.99 Å². The molecule has 9 aromatic carbocycles. The number of furan rings is 1. The molecule has 2 atom stereocenters. The fourth-order valence-electron chi connectivity index (χ4n) is 9.14. The maximum Gasteiger partial charge on any atom is 0.135 e. The Bertz CT molecular complexity index is 3430. The molecule has 1 aliphatic rings. The minimum absolute atomic E-state index is 0.229. The van der Waals surface area contributed by atoms with Gasteiger partial charge >= 0.3 is 0 Å². The Morgan fingerprint density at radius 1 is 0.448 bits per heavy atom. The number of aromatic nitrogens is 1. The van der Waals surface area contributed by atoms with Gasteiger partial charge in [-0.25, -0.2) is 4.99 Å². The number of benzene rings is 9. The molecule has 0 amide bonds. The molecule has 0 spiro atoms. The molecule has 274 valence electrons. The van der Waals surface area contributed by atoms with E-state index in [1.807, 2.05) is 12.1 Å². The maximum atomic E-state index is 6.24. The van der Waals surface area contributed by atoms with Gasteiger partial charge in [0.1, 0.15) is 29.3 Å². The SMILES string of the molecule is c1ccc(-c2cccc(-n3c4cc5ccccc5cc4c4c(C5N=C(c6ccc7oc8ccccc8c7c6)NC(c6cccc7ccccc67)N5)cccc43)c2)cc1. The van der Waals surface area contributed by atoms with E-state index in [0.717, 1.165) is 55.6 Å². The average Bonchev–Trinajstić information content (AvgIpc) is 3.83. The monoisotopic (exact) mass is 744 g/mol. The van der Waals surface area contributed by atoms with Crippen molar-refractivity contribution in [1.82, 2.24) is 15.2 Å². The molecule has 12 rings (SSSR count). The van der Waals surface area contributed by atoms with E-state index >= 15 is 0 Å². The van der Waals surface area contributed by atoms with Gasteiger partial charge in [-0.3, -0.25) is 5.32 Å². The van der Waals surface area contributed by atoms with Crippen molar-refractivity contribution in [3.63, 3.8) is 0 Å². The average molecular weight is 745 g/mol. The molecule has 3 heterocycles. The van der Waals surface area contributed by atoms with Crippen LogP contribution in [-0.2, 0) is 0 Å². The number of amidine groups is 1. The standard InChI is InChI=1S/C53H36N4O/c1-2-13-33(14-3-1)35-19-10-20-39(29-35)57-46-25-12-24-43(50(46)45-30-36-16-4-5-17-37(36)32-47(45)57)53-55-51(38-27-28-49-44(31-38)41-22-8-9-26-48(41)58-49)54-52(56-53)42-23-11-18-34-15-6-7-21-40(34)42/h1-32,52-53,56H,(H,54,55). The lowest BCUT2D eigenvalue weighted by Gasteiger charge is -2.33. The van der Waals surface area contributed by atoms with Gasteiger partial charge in [-0.1, -0.05) is 140 Å². The third-order valence-corrected chi connectivity index (χ3v) is 11.8. The van der Waals surface area contributed by atoms with Gasteiger partial charge in [0.2, 0.25) is 0 Å². The first-order chi connectivity index (χ1) is 28.7. The van der Waals surface area contributed by atoms with Crippen molar-refractivity contribution in [3.05, 3.63) is 211 Å². The molecule has 2 aromatic heterocycles. The van der Waals surface area contributed by atoms with E-state index in [2.05, 4.69) is 197 Å². The number of para-hydroxylation sites is 1. The Balaban J connectivity index is 1.10. The maximum absolute atomic E-state index is 6.24. The normalized spacial score (nSPS) is 15.8. The Labute approximate surface area is 334 Å². The van der Waals surface area contributed by atoms with Crippen molar-refractivity contribution in [3.8, 4) is 16.8 Å². The van der Waals surface area contributed by atoms with Crippen molar-refractivity contribution < 1.29 is 4.42 Å². The van der Waals surface area contributed by atoms with E-state index in [9.17, 15) is 0 Å². The summed E-state index contributed by atoms with van der Waals surface area (Å²) in [5.41, 5.74) is 10.8. The topological polar surface area (TPSA) is 54.5 Å². The molecule has 11 aromatic rings. The highest BCUT2D eigenvalue weighted by molar-refractivity contribution is 6.15. The molecule has 2 N–H and O–H groups in total. The molecule has 0 radical (unpaired) electrons. The summed E-state index contributed by atoms with van der Waals surface area (Å²) < 4.78 is 8.67. The number of hydrogen-bond acceptors (Lipinski definition) is 4. The van der Waals surface area contributed by atoms with Crippen LogP contribution in [0, 0.1) is 0 Å². The second kappa shape index (κ2) is 13.1. The van der Waals surface area contributed by atoms with E-state index in [1.54, 1.807) is 0 Å². The molecule has 58 heavy (non-hydrogen) atoms. The number of nitrogens with zero attached hydrogens (tertiary/aromatic N) is 2. The van der Waals surface area contributed by atoms with E-state index in [-0.39, 0.29) is 12.3 Å². The highest BCUT2D eigenvalue weighted by atomic mass is 16.3. The fourth-order valence-corrected chi connectivity index (χ4v) is 9.14. The fraction of sp³-hybridized carbons (Fsp3) is 0.0377. The molecule has 2 unspecified atom stereocenters. The molecule has 0 aliphatic carbocycles. The van der Waals surface area contributed by atoms with Gasteiger partial charge in [0.05, 0.1) is 11.0 Å². The van der Waals surface area contributed by atoms with Crippen molar-refractivity contribution in [2.45, 2.75) is 12.3 Å². The van der Waals surface area contributed by atoms with Crippen LogP contribution in [0.2, 0.25) is 0 Å². The highest BCUT2D eigenvalue weighted by Gasteiger charge is 2.29. The molecule has 0 saturated carbocycles. The summed E-state index contributed by atoms with van der Waals surface area (Å²) in [5.74, 6) is 0.829. The van der Waals surface area contributed by atoms with Gasteiger partial charge in [0, 0.05) is 38.4 Å². The number of rotatable bonds is 5. The number of nitrogens with one attached hydrogen (secondary N) is 2. The van der Waals surface area contributed by atoms with Crippen molar-refractivity contribution >= 4 is 71.1 Å². The van der Waals surface area contributed by atoms with E-state index in [1.165, 1.54) is 49.0 Å². The minimum atomic E-state index is -0.373. The van der Waals surface area contributed by atoms with Crippen molar-refractivity contribution in [2.75, 3.05) is 0 Å². The van der Waals surface area contributed by atoms with Gasteiger partial charge in [-0.15, -0.1) is 0 Å². The number of hydrogen-bond donors (Lipinski definition) is 2. The summed E-state index contributed by atoms with van der Waals surface area (Å²) in [6, 6.07) is 69.4. The molecular formula is C53H36N4O. The van der Waals surface area contributed by atoms with Crippen LogP contribution in [0.25, 0.3) is 82.1 Å². The Morgan fingerprint density at radius 2 is 1.14 bits per heavy atom. The lowest BCUT2D eigenvalue weighted by atomic mass is 9.98. The quantitative estimate of drug-likeness (QED) is 0.184. The lowest BCUT2D eigenvalue weighted by Crippen LogP contribution is -2.45. The molecular weight excluding hydrogens is 709 g/mol. The Morgan fingerprint density at radius 3 is 2.03 bits per heavy atom. The second-order valence-electron chi connectivity index (χ2n) is 15.2. The summed E-state index contributed by atoms with van der Waals surface area (Å²) in [7, 11) is 0. The van der Waals surface area contributed by atoms with Crippen LogP contribution in [0.15, 0.2) is 204 Å². The van der Waals surface area contributed by atoms with E-state index in [0.29, 0.717) is 0 Å². The zero-order valence-corrected chi connectivity index (χ0v) is 31.4. The number of fused-ring (bicyclic) bond motifs is 8. The number of aliphatic imine (C=N–C) groups is 1. The molecule has 5 nitrogen and oxygen atoms in total. The van der Waals surface area contributed by atoms with Crippen LogP contribution in [0.4, 0.5) is 0 Å².